The van der Waals surface area contributed by atoms with Crippen molar-refractivity contribution in [3.8, 4) is 22.5 Å². The molecule has 0 spiro atoms. The summed E-state index contributed by atoms with van der Waals surface area (Å²) in [5, 5.41) is 15.4. The molecule has 0 aliphatic heterocycles. The lowest BCUT2D eigenvalue weighted by Crippen LogP contribution is -2.24. The van der Waals surface area contributed by atoms with E-state index in [9.17, 15) is 4.79 Å². The lowest BCUT2D eigenvalue weighted by Gasteiger charge is -2.09. The van der Waals surface area contributed by atoms with Crippen molar-refractivity contribution < 1.29 is 4.79 Å². The molecule has 164 valence electrons. The van der Waals surface area contributed by atoms with Crippen LogP contribution >= 0.6 is 34.7 Å². The molecule has 2 aromatic carbocycles. The predicted octanol–water partition coefficient (Wildman–Crippen LogP) is 6.06. The minimum Gasteiger partial charge on any atom is -0.351 e. The highest BCUT2D eigenvalue weighted by Gasteiger charge is 2.20. The summed E-state index contributed by atoms with van der Waals surface area (Å²) >= 11 is 9.02. The molecule has 0 bridgehead atoms. The number of carbonyl (C=O) groups excluding carboxylic acids is 1. The quantitative estimate of drug-likeness (QED) is 0.310. The van der Waals surface area contributed by atoms with Gasteiger partial charge in [0.25, 0.3) is 0 Å². The number of aromatic nitrogens is 3. The van der Waals surface area contributed by atoms with Gasteiger partial charge in [-0.2, -0.15) is 0 Å². The first-order chi connectivity index (χ1) is 15.6. The molecule has 2 heterocycles. The number of hydrogen-bond acceptors (Lipinski definition) is 5. The third-order valence-electron chi connectivity index (χ3n) is 5.05. The zero-order chi connectivity index (χ0) is 22.5. The van der Waals surface area contributed by atoms with E-state index in [1.54, 1.807) is 11.3 Å². The first-order valence-corrected chi connectivity index (χ1v) is 12.5. The number of nitrogens with zero attached hydrogens (tertiary/aromatic N) is 3. The Labute approximate surface area is 200 Å². The fourth-order valence-corrected chi connectivity index (χ4v) is 5.27. The molecule has 0 atom stereocenters. The van der Waals surface area contributed by atoms with Crippen LogP contribution in [-0.2, 0) is 17.9 Å². The van der Waals surface area contributed by atoms with Gasteiger partial charge in [0.2, 0.25) is 5.91 Å². The van der Waals surface area contributed by atoms with Gasteiger partial charge < -0.3 is 9.88 Å². The second-order valence-corrected chi connectivity index (χ2v) is 9.65. The molecule has 4 aromatic rings. The lowest BCUT2D eigenvalue weighted by atomic mass is 10.0. The Morgan fingerprint density at radius 2 is 1.88 bits per heavy atom. The number of carbonyl (C=O) groups is 1. The van der Waals surface area contributed by atoms with Gasteiger partial charge in [-0.25, -0.2) is 0 Å². The van der Waals surface area contributed by atoms with Crippen LogP contribution in [0.2, 0.25) is 5.02 Å². The highest BCUT2D eigenvalue weighted by atomic mass is 35.5. The average Bonchev–Trinajstić information content (AvgIpc) is 3.40. The summed E-state index contributed by atoms with van der Waals surface area (Å²) < 4.78 is 2.07. The molecule has 0 radical (unpaired) electrons. The Hall–Kier alpha value is -2.61. The number of aryl methyl sites for hydroxylation is 1. The van der Waals surface area contributed by atoms with Gasteiger partial charge in [-0.15, -0.1) is 21.5 Å². The normalized spacial score (nSPS) is 11.0. The zero-order valence-electron chi connectivity index (χ0n) is 17.8. The van der Waals surface area contributed by atoms with Crippen molar-refractivity contribution in [2.75, 3.05) is 5.75 Å². The summed E-state index contributed by atoms with van der Waals surface area (Å²) in [5.74, 6) is 1.06. The van der Waals surface area contributed by atoms with E-state index in [0.29, 0.717) is 11.6 Å². The summed E-state index contributed by atoms with van der Waals surface area (Å²) in [4.78, 5) is 13.6. The number of rotatable bonds is 8. The van der Waals surface area contributed by atoms with Crippen LogP contribution in [0.4, 0.5) is 0 Å². The monoisotopic (exact) mass is 482 g/mol. The van der Waals surface area contributed by atoms with Crippen LogP contribution in [0.5, 0.6) is 0 Å². The largest absolute Gasteiger partial charge is 0.351 e. The molecular formula is C24H23ClN4OS2. The van der Waals surface area contributed by atoms with Crippen molar-refractivity contribution in [1.82, 2.24) is 20.1 Å². The number of halogens is 1. The first kappa shape index (κ1) is 22.6. The van der Waals surface area contributed by atoms with Crippen LogP contribution in [0.1, 0.15) is 17.4 Å². The molecule has 0 aliphatic rings. The summed E-state index contributed by atoms with van der Waals surface area (Å²) in [6, 6.07) is 17.8. The Morgan fingerprint density at radius 1 is 1.12 bits per heavy atom. The maximum absolute atomic E-state index is 12.4. The van der Waals surface area contributed by atoms with Crippen LogP contribution in [0.15, 0.2) is 65.1 Å². The number of nitrogens with one attached hydrogen (secondary N) is 1. The van der Waals surface area contributed by atoms with Gasteiger partial charge in [0.1, 0.15) is 0 Å². The Morgan fingerprint density at radius 3 is 2.59 bits per heavy atom. The second-order valence-electron chi connectivity index (χ2n) is 7.19. The summed E-state index contributed by atoms with van der Waals surface area (Å²) in [5.41, 5.74) is 4.44. The number of amides is 1. The molecule has 5 nitrogen and oxygen atoms in total. The molecule has 2 aromatic heterocycles. The highest BCUT2D eigenvalue weighted by molar-refractivity contribution is 7.99. The Balaban J connectivity index is 1.47. The molecular weight excluding hydrogens is 460 g/mol. The fourth-order valence-electron chi connectivity index (χ4n) is 3.45. The molecule has 1 N–H and O–H groups in total. The average molecular weight is 483 g/mol. The van der Waals surface area contributed by atoms with Gasteiger partial charge in [0.05, 0.1) is 5.75 Å². The van der Waals surface area contributed by atoms with E-state index in [4.69, 9.17) is 11.6 Å². The molecule has 0 fully saturated rings. The van der Waals surface area contributed by atoms with E-state index in [1.807, 2.05) is 42.5 Å². The van der Waals surface area contributed by atoms with Crippen molar-refractivity contribution >= 4 is 40.6 Å². The van der Waals surface area contributed by atoms with Gasteiger partial charge in [0, 0.05) is 39.5 Å². The topological polar surface area (TPSA) is 59.8 Å². The van der Waals surface area contributed by atoms with E-state index in [2.05, 4.69) is 51.4 Å². The van der Waals surface area contributed by atoms with E-state index in [-0.39, 0.29) is 11.7 Å². The van der Waals surface area contributed by atoms with Gasteiger partial charge in [-0.3, -0.25) is 4.79 Å². The summed E-state index contributed by atoms with van der Waals surface area (Å²) in [6.45, 7) is 5.39. The molecule has 0 unspecified atom stereocenters. The number of thioether (sulfide) groups is 1. The molecule has 0 saturated carbocycles. The second kappa shape index (κ2) is 10.3. The number of hydrogen-bond donors (Lipinski definition) is 1. The van der Waals surface area contributed by atoms with Crippen LogP contribution < -0.4 is 5.32 Å². The number of thiophene rings is 1. The Bertz CT molecular complexity index is 1200. The van der Waals surface area contributed by atoms with Crippen molar-refractivity contribution in [2.24, 2.45) is 0 Å². The van der Waals surface area contributed by atoms with Crippen molar-refractivity contribution in [1.29, 1.82) is 0 Å². The molecule has 8 heteroatoms. The maximum Gasteiger partial charge on any atom is 0.230 e. The van der Waals surface area contributed by atoms with E-state index < -0.39 is 0 Å². The fraction of sp³-hybridized carbons (Fsp3) is 0.208. The SMILES string of the molecule is CCn1c(SCC(=O)NCc2ccc(Cl)cc2)nnc1-c1csc(C)c1-c1ccccc1. The van der Waals surface area contributed by atoms with Crippen molar-refractivity contribution in [3.05, 3.63) is 75.4 Å². The van der Waals surface area contributed by atoms with E-state index >= 15 is 0 Å². The van der Waals surface area contributed by atoms with Crippen molar-refractivity contribution in [3.63, 3.8) is 0 Å². The molecule has 4 rings (SSSR count). The molecule has 32 heavy (non-hydrogen) atoms. The molecule has 1 amide bonds. The van der Waals surface area contributed by atoms with E-state index in [0.717, 1.165) is 28.7 Å². The smallest absolute Gasteiger partial charge is 0.230 e. The minimum absolute atomic E-state index is 0.0477. The maximum atomic E-state index is 12.4. The van der Waals surface area contributed by atoms with Gasteiger partial charge in [-0.05, 0) is 37.1 Å². The van der Waals surface area contributed by atoms with Crippen molar-refractivity contribution in [2.45, 2.75) is 32.1 Å². The molecule has 0 saturated heterocycles. The zero-order valence-corrected chi connectivity index (χ0v) is 20.2. The van der Waals surface area contributed by atoms with Gasteiger partial charge >= 0.3 is 0 Å². The van der Waals surface area contributed by atoms with Crippen LogP contribution in [0.25, 0.3) is 22.5 Å². The van der Waals surface area contributed by atoms with Crippen LogP contribution in [0, 0.1) is 6.92 Å². The Kier molecular flexibility index (Phi) is 7.29. The van der Waals surface area contributed by atoms with Gasteiger partial charge in [-0.1, -0.05) is 65.8 Å². The number of benzene rings is 2. The third kappa shape index (κ3) is 5.06. The van der Waals surface area contributed by atoms with Crippen LogP contribution in [0.3, 0.4) is 0 Å². The summed E-state index contributed by atoms with van der Waals surface area (Å²) in [6.07, 6.45) is 0. The lowest BCUT2D eigenvalue weighted by molar-refractivity contribution is -0.118. The minimum atomic E-state index is -0.0477. The first-order valence-electron chi connectivity index (χ1n) is 10.3. The summed E-state index contributed by atoms with van der Waals surface area (Å²) in [7, 11) is 0. The standard InChI is InChI=1S/C24H23ClN4OS2/c1-3-29-23(20-14-31-16(2)22(20)18-7-5-4-6-8-18)27-28-24(29)32-15-21(30)26-13-17-9-11-19(25)12-10-17/h4-12,14H,3,13,15H2,1-2H3,(H,26,30). The molecule has 0 aliphatic carbocycles. The van der Waals surface area contributed by atoms with Crippen LogP contribution in [-0.4, -0.2) is 26.4 Å². The highest BCUT2D eigenvalue weighted by Crippen LogP contribution is 2.39. The predicted molar refractivity (Wildman–Crippen MR) is 133 cm³/mol. The van der Waals surface area contributed by atoms with E-state index in [1.165, 1.54) is 27.8 Å². The van der Waals surface area contributed by atoms with Gasteiger partial charge in [0.15, 0.2) is 11.0 Å². The third-order valence-corrected chi connectivity index (χ3v) is 7.18.